The Balaban J connectivity index is 1.63. The summed E-state index contributed by atoms with van der Waals surface area (Å²) in [6.07, 6.45) is 1.97. The van der Waals surface area contributed by atoms with Crippen molar-refractivity contribution < 1.29 is 9.53 Å². The minimum absolute atomic E-state index is 0.0377. The number of benzene rings is 2. The Labute approximate surface area is 147 Å². The van der Waals surface area contributed by atoms with Gasteiger partial charge >= 0.3 is 0 Å². The zero-order chi connectivity index (χ0) is 16.8. The molecule has 1 fully saturated rings. The van der Waals surface area contributed by atoms with Gasteiger partial charge in [0.15, 0.2) is 0 Å². The number of hydrogen-bond acceptors (Lipinski definition) is 3. The van der Waals surface area contributed by atoms with Crippen LogP contribution < -0.4 is 5.32 Å². The van der Waals surface area contributed by atoms with Crippen molar-refractivity contribution in [1.82, 2.24) is 5.32 Å². The van der Waals surface area contributed by atoms with E-state index in [1.807, 2.05) is 54.2 Å². The lowest BCUT2D eigenvalue weighted by atomic mass is 9.96. The number of rotatable bonds is 5. The summed E-state index contributed by atoms with van der Waals surface area (Å²) in [4.78, 5) is 12.4. The topological polar surface area (TPSA) is 38.3 Å². The monoisotopic (exact) mass is 341 g/mol. The fraction of sp³-hybridized carbons (Fsp3) is 0.350. The fourth-order valence-corrected chi connectivity index (χ4v) is 4.22. The standard InChI is InChI=1S/C20H23NO2S/c1-23-20(11-13-24-14-12-20)15-21-19(22)18-9-7-17(8-10-18)16-5-3-2-4-6-16/h2-10H,11-15H2,1H3,(H,21,22). The van der Waals surface area contributed by atoms with Gasteiger partial charge in [-0.15, -0.1) is 0 Å². The zero-order valence-corrected chi connectivity index (χ0v) is 14.8. The molecule has 1 aliphatic rings. The van der Waals surface area contributed by atoms with E-state index in [-0.39, 0.29) is 11.5 Å². The number of thioether (sulfide) groups is 1. The highest BCUT2D eigenvalue weighted by Crippen LogP contribution is 2.29. The van der Waals surface area contributed by atoms with Crippen molar-refractivity contribution in [1.29, 1.82) is 0 Å². The van der Waals surface area contributed by atoms with E-state index >= 15 is 0 Å². The van der Waals surface area contributed by atoms with Crippen LogP contribution in [0.1, 0.15) is 23.2 Å². The van der Waals surface area contributed by atoms with Gasteiger partial charge in [-0.05, 0) is 47.6 Å². The van der Waals surface area contributed by atoms with E-state index in [0.29, 0.717) is 12.1 Å². The third-order valence-corrected chi connectivity index (χ3v) is 5.65. The molecule has 0 bridgehead atoms. The van der Waals surface area contributed by atoms with E-state index in [2.05, 4.69) is 17.4 Å². The molecule has 1 heterocycles. The van der Waals surface area contributed by atoms with Gasteiger partial charge in [0, 0.05) is 19.2 Å². The summed E-state index contributed by atoms with van der Waals surface area (Å²) in [6.45, 7) is 0.573. The lowest BCUT2D eigenvalue weighted by Gasteiger charge is -2.35. The Morgan fingerprint density at radius 2 is 1.67 bits per heavy atom. The smallest absolute Gasteiger partial charge is 0.251 e. The second-order valence-corrected chi connectivity index (χ2v) is 7.35. The lowest BCUT2D eigenvalue weighted by molar-refractivity contribution is -0.0149. The second kappa shape index (κ2) is 7.86. The van der Waals surface area contributed by atoms with Gasteiger partial charge in [-0.1, -0.05) is 42.5 Å². The molecule has 3 rings (SSSR count). The third kappa shape index (κ3) is 4.00. The molecular weight excluding hydrogens is 318 g/mol. The predicted molar refractivity (Wildman–Crippen MR) is 101 cm³/mol. The summed E-state index contributed by atoms with van der Waals surface area (Å²) in [5.74, 6) is 2.15. The molecule has 1 saturated heterocycles. The van der Waals surface area contributed by atoms with Crippen LogP contribution in [0.15, 0.2) is 54.6 Å². The van der Waals surface area contributed by atoms with E-state index < -0.39 is 0 Å². The van der Waals surface area contributed by atoms with Crippen molar-refractivity contribution >= 4 is 17.7 Å². The second-order valence-electron chi connectivity index (χ2n) is 6.13. The van der Waals surface area contributed by atoms with Crippen molar-refractivity contribution in [3.8, 4) is 11.1 Å². The first-order valence-electron chi connectivity index (χ1n) is 8.29. The number of hydrogen-bond donors (Lipinski definition) is 1. The molecule has 126 valence electrons. The quantitative estimate of drug-likeness (QED) is 0.893. The molecule has 1 amide bonds. The SMILES string of the molecule is COC1(CNC(=O)c2ccc(-c3ccccc3)cc2)CCSCC1. The molecule has 0 aromatic heterocycles. The van der Waals surface area contributed by atoms with Gasteiger partial charge in [0.25, 0.3) is 5.91 Å². The van der Waals surface area contributed by atoms with E-state index in [1.54, 1.807) is 7.11 Å². The molecule has 3 nitrogen and oxygen atoms in total. The van der Waals surface area contributed by atoms with E-state index in [0.717, 1.165) is 35.5 Å². The number of ether oxygens (including phenoxy) is 1. The Kier molecular flexibility index (Phi) is 5.59. The highest BCUT2D eigenvalue weighted by atomic mass is 32.2. The fourth-order valence-electron chi connectivity index (χ4n) is 2.98. The van der Waals surface area contributed by atoms with Crippen molar-refractivity contribution in [2.24, 2.45) is 0 Å². The molecular formula is C20H23NO2S. The van der Waals surface area contributed by atoms with Crippen LogP contribution in [-0.4, -0.2) is 36.7 Å². The van der Waals surface area contributed by atoms with Crippen molar-refractivity contribution in [3.05, 3.63) is 60.2 Å². The maximum atomic E-state index is 12.4. The minimum Gasteiger partial charge on any atom is -0.376 e. The molecule has 1 N–H and O–H groups in total. The summed E-state index contributed by atoms with van der Waals surface area (Å²) in [6, 6.07) is 17.9. The average Bonchev–Trinajstić information content (AvgIpc) is 2.68. The van der Waals surface area contributed by atoms with Gasteiger partial charge in [-0.25, -0.2) is 0 Å². The van der Waals surface area contributed by atoms with Gasteiger partial charge in [0.2, 0.25) is 0 Å². The van der Waals surface area contributed by atoms with Crippen LogP contribution in [0.5, 0.6) is 0 Å². The number of nitrogens with one attached hydrogen (secondary N) is 1. The highest BCUT2D eigenvalue weighted by Gasteiger charge is 2.32. The average molecular weight is 341 g/mol. The number of carbonyl (C=O) groups excluding carboxylic acids is 1. The first kappa shape index (κ1) is 17.1. The van der Waals surface area contributed by atoms with Crippen molar-refractivity contribution in [2.75, 3.05) is 25.2 Å². The Hall–Kier alpha value is -1.78. The van der Waals surface area contributed by atoms with Crippen LogP contribution in [0.25, 0.3) is 11.1 Å². The van der Waals surface area contributed by atoms with E-state index in [1.165, 1.54) is 0 Å². The summed E-state index contributed by atoms with van der Waals surface area (Å²) >= 11 is 1.95. The van der Waals surface area contributed by atoms with E-state index in [4.69, 9.17) is 4.74 Å². The first-order valence-corrected chi connectivity index (χ1v) is 9.44. The summed E-state index contributed by atoms with van der Waals surface area (Å²) in [5, 5.41) is 3.05. The summed E-state index contributed by atoms with van der Waals surface area (Å²) in [5.41, 5.74) is 2.75. The van der Waals surface area contributed by atoms with Gasteiger partial charge in [-0.3, -0.25) is 4.79 Å². The molecule has 0 atom stereocenters. The van der Waals surface area contributed by atoms with Gasteiger partial charge in [0.1, 0.15) is 0 Å². The van der Waals surface area contributed by atoms with Gasteiger partial charge in [0.05, 0.1) is 5.60 Å². The molecule has 2 aromatic rings. The molecule has 24 heavy (non-hydrogen) atoms. The van der Waals surface area contributed by atoms with Crippen LogP contribution in [0.3, 0.4) is 0 Å². The minimum atomic E-state index is -0.203. The van der Waals surface area contributed by atoms with Gasteiger partial charge in [-0.2, -0.15) is 11.8 Å². The Morgan fingerprint density at radius 3 is 2.29 bits per heavy atom. The van der Waals surface area contributed by atoms with Crippen LogP contribution in [0.2, 0.25) is 0 Å². The molecule has 0 aliphatic carbocycles. The summed E-state index contributed by atoms with van der Waals surface area (Å²) < 4.78 is 5.71. The van der Waals surface area contributed by atoms with Crippen LogP contribution >= 0.6 is 11.8 Å². The molecule has 4 heteroatoms. The first-order chi connectivity index (χ1) is 11.7. The largest absolute Gasteiger partial charge is 0.376 e. The lowest BCUT2D eigenvalue weighted by Crippen LogP contribution is -2.46. The highest BCUT2D eigenvalue weighted by molar-refractivity contribution is 7.99. The molecule has 0 spiro atoms. The molecule has 0 unspecified atom stereocenters. The Bertz CT molecular complexity index is 664. The molecule has 0 saturated carbocycles. The van der Waals surface area contributed by atoms with Crippen LogP contribution in [-0.2, 0) is 4.74 Å². The maximum absolute atomic E-state index is 12.4. The van der Waals surface area contributed by atoms with Crippen molar-refractivity contribution in [3.63, 3.8) is 0 Å². The number of amides is 1. The predicted octanol–water partition coefficient (Wildman–Crippen LogP) is 4.00. The van der Waals surface area contributed by atoms with Gasteiger partial charge < -0.3 is 10.1 Å². The molecule has 1 aliphatic heterocycles. The number of methoxy groups -OCH3 is 1. The molecule has 2 aromatic carbocycles. The number of carbonyl (C=O) groups is 1. The van der Waals surface area contributed by atoms with E-state index in [9.17, 15) is 4.79 Å². The van der Waals surface area contributed by atoms with Crippen molar-refractivity contribution in [2.45, 2.75) is 18.4 Å². The Morgan fingerprint density at radius 1 is 1.04 bits per heavy atom. The third-order valence-electron chi connectivity index (χ3n) is 4.66. The van der Waals surface area contributed by atoms with Crippen LogP contribution in [0, 0.1) is 0 Å². The summed E-state index contributed by atoms with van der Waals surface area (Å²) in [7, 11) is 1.75. The normalized spacial score (nSPS) is 16.5. The van der Waals surface area contributed by atoms with Crippen LogP contribution in [0.4, 0.5) is 0 Å². The molecule has 0 radical (unpaired) electrons. The maximum Gasteiger partial charge on any atom is 0.251 e. The zero-order valence-electron chi connectivity index (χ0n) is 14.0.